The predicted octanol–water partition coefficient (Wildman–Crippen LogP) is 5.91. The summed E-state index contributed by atoms with van der Waals surface area (Å²) >= 11 is 0. The quantitative estimate of drug-likeness (QED) is 0.178. The minimum absolute atomic E-state index is 0.138. The number of sulfonamides is 1. The van der Waals surface area contributed by atoms with E-state index in [0.717, 1.165) is 37.0 Å². The molecule has 0 saturated carbocycles. The number of halogens is 1. The van der Waals surface area contributed by atoms with Gasteiger partial charge in [0.15, 0.2) is 0 Å². The number of rotatable bonds is 10. The molecule has 1 atom stereocenters. The zero-order valence-electron chi connectivity index (χ0n) is 21.4. The Balaban J connectivity index is 0.000000579. The number of benzene rings is 2. The molecule has 0 fully saturated rings. The maximum absolute atomic E-state index is 13.6. The van der Waals surface area contributed by atoms with Crippen LogP contribution < -0.4 is 10.0 Å². The summed E-state index contributed by atoms with van der Waals surface area (Å²) in [6, 6.07) is 13.3. The third-order valence-electron chi connectivity index (χ3n) is 4.90. The van der Waals surface area contributed by atoms with E-state index in [0.29, 0.717) is 6.54 Å². The highest BCUT2D eigenvalue weighted by molar-refractivity contribution is 7.89. The first kappa shape index (κ1) is 30.4. The second kappa shape index (κ2) is 15.4. The van der Waals surface area contributed by atoms with Crippen LogP contribution in [-0.4, -0.2) is 41.4 Å². The number of aryl methyl sites for hydroxylation is 1. The van der Waals surface area contributed by atoms with Gasteiger partial charge < -0.3 is 5.32 Å². The molecule has 0 amide bonds. The van der Waals surface area contributed by atoms with Crippen molar-refractivity contribution in [2.45, 2.75) is 32.6 Å². The Labute approximate surface area is 212 Å². The van der Waals surface area contributed by atoms with Crippen LogP contribution in [0.4, 0.5) is 4.39 Å². The summed E-state index contributed by atoms with van der Waals surface area (Å²) in [7, 11) is -1.19. The molecule has 0 radical (unpaired) electrons. The fraction of sp³-hybridized carbons (Fsp3) is 0.296. The molecule has 8 heteroatoms. The molecule has 190 valence electrons. The summed E-state index contributed by atoms with van der Waals surface area (Å²) in [4.78, 5) is 3.61. The third-order valence-corrected chi connectivity index (χ3v) is 7.56. The van der Waals surface area contributed by atoms with Gasteiger partial charge in [-0.15, -0.1) is 0 Å². The van der Waals surface area contributed by atoms with Crippen molar-refractivity contribution in [2.24, 2.45) is 4.99 Å². The number of hydrogen-bond acceptors (Lipinski definition) is 4. The third kappa shape index (κ3) is 10.7. The van der Waals surface area contributed by atoms with Crippen molar-refractivity contribution >= 4 is 30.4 Å². The SMILES string of the molecule is C=C(/C=C(\C)NCCNS(=O)(=O)c1ccccc1F)c1ccccc1C.CN=CC(PC)=C(C)C. The molecule has 0 aromatic heterocycles. The Morgan fingerprint density at radius 2 is 1.71 bits per heavy atom. The van der Waals surface area contributed by atoms with Crippen LogP contribution in [0.3, 0.4) is 0 Å². The van der Waals surface area contributed by atoms with Gasteiger partial charge in [-0.2, -0.15) is 0 Å². The Morgan fingerprint density at radius 3 is 2.26 bits per heavy atom. The van der Waals surface area contributed by atoms with Crippen LogP contribution in [-0.2, 0) is 10.0 Å². The molecule has 2 N–H and O–H groups in total. The van der Waals surface area contributed by atoms with Crippen LogP contribution in [0.5, 0.6) is 0 Å². The van der Waals surface area contributed by atoms with Gasteiger partial charge in [-0.25, -0.2) is 17.5 Å². The summed E-state index contributed by atoms with van der Waals surface area (Å²) in [5.41, 5.74) is 5.32. The number of nitrogens with zero attached hydrogens (tertiary/aromatic N) is 1. The second-order valence-electron chi connectivity index (χ2n) is 7.97. The monoisotopic (exact) mass is 517 g/mol. The molecular weight excluding hydrogens is 480 g/mol. The van der Waals surface area contributed by atoms with Crippen LogP contribution in [0.1, 0.15) is 31.9 Å². The summed E-state index contributed by atoms with van der Waals surface area (Å²) < 4.78 is 40.2. The van der Waals surface area contributed by atoms with Gasteiger partial charge in [0.05, 0.1) is 0 Å². The number of nitrogens with one attached hydrogen (secondary N) is 2. The summed E-state index contributed by atoms with van der Waals surface area (Å²) in [6.45, 7) is 14.9. The molecule has 2 rings (SSSR count). The Morgan fingerprint density at radius 1 is 1.09 bits per heavy atom. The minimum Gasteiger partial charge on any atom is -0.387 e. The van der Waals surface area contributed by atoms with Crippen LogP contribution in [0.15, 0.2) is 87.7 Å². The van der Waals surface area contributed by atoms with E-state index in [4.69, 9.17) is 0 Å². The Bertz CT molecular complexity index is 1180. The number of hydrogen-bond donors (Lipinski definition) is 2. The zero-order valence-corrected chi connectivity index (χ0v) is 23.3. The lowest BCUT2D eigenvalue weighted by atomic mass is 10.0. The lowest BCUT2D eigenvalue weighted by Gasteiger charge is -2.11. The maximum Gasteiger partial charge on any atom is 0.243 e. The average Bonchev–Trinajstić information content (AvgIpc) is 2.81. The molecule has 1 unspecified atom stereocenters. The molecular formula is C27H37FN3O2PS. The van der Waals surface area contributed by atoms with E-state index in [2.05, 4.69) is 42.1 Å². The fourth-order valence-corrected chi connectivity index (χ4v) is 4.95. The summed E-state index contributed by atoms with van der Waals surface area (Å²) in [5.74, 6) is -0.765. The van der Waals surface area contributed by atoms with E-state index in [1.165, 1.54) is 29.1 Å². The molecule has 2 aromatic carbocycles. The molecule has 0 heterocycles. The molecule has 5 nitrogen and oxygen atoms in total. The molecule has 0 saturated heterocycles. The fourth-order valence-electron chi connectivity index (χ4n) is 3.08. The van der Waals surface area contributed by atoms with Gasteiger partial charge in [-0.3, -0.25) is 4.99 Å². The normalized spacial score (nSPS) is 11.9. The molecule has 0 aliphatic carbocycles. The Hall–Kier alpha value is -2.60. The predicted molar refractivity (Wildman–Crippen MR) is 151 cm³/mol. The van der Waals surface area contributed by atoms with Crippen LogP contribution in [0, 0.1) is 12.7 Å². The topological polar surface area (TPSA) is 70.6 Å². The van der Waals surface area contributed by atoms with E-state index in [1.807, 2.05) is 57.5 Å². The maximum atomic E-state index is 13.6. The van der Waals surface area contributed by atoms with E-state index >= 15 is 0 Å². The lowest BCUT2D eigenvalue weighted by Crippen LogP contribution is -2.31. The van der Waals surface area contributed by atoms with Crippen LogP contribution in [0.2, 0.25) is 0 Å². The molecule has 35 heavy (non-hydrogen) atoms. The van der Waals surface area contributed by atoms with Crippen molar-refractivity contribution in [3.63, 3.8) is 0 Å². The summed E-state index contributed by atoms with van der Waals surface area (Å²) in [6.07, 6.45) is 3.85. The van der Waals surface area contributed by atoms with Gasteiger partial charge in [0.2, 0.25) is 10.0 Å². The lowest BCUT2D eigenvalue weighted by molar-refractivity contribution is 0.556. The van der Waals surface area contributed by atoms with Gasteiger partial charge in [0.25, 0.3) is 0 Å². The molecule has 0 spiro atoms. The van der Waals surface area contributed by atoms with Gasteiger partial charge in [-0.05, 0) is 74.6 Å². The highest BCUT2D eigenvalue weighted by Gasteiger charge is 2.17. The van der Waals surface area contributed by atoms with E-state index in [1.54, 1.807) is 0 Å². The standard InChI is InChI=1S/C20H23FN2O2S.C7H14NP/c1-15-8-4-5-9-18(15)16(2)14-17(3)22-12-13-23-26(24,25)20-11-7-6-10-19(20)21;1-6(2)7(9-4)5-8-3/h4-11,14,22-23H,2,12-13H2,1,3H3;5,9H,1-4H3/b17-14+;. The smallest absolute Gasteiger partial charge is 0.243 e. The van der Waals surface area contributed by atoms with Crippen LogP contribution in [0.25, 0.3) is 5.57 Å². The van der Waals surface area contributed by atoms with Crippen molar-refractivity contribution < 1.29 is 12.8 Å². The van der Waals surface area contributed by atoms with Crippen molar-refractivity contribution in [2.75, 3.05) is 26.8 Å². The summed E-state index contributed by atoms with van der Waals surface area (Å²) in [5, 5.41) is 4.49. The number of allylic oxidation sites excluding steroid dienone is 5. The van der Waals surface area contributed by atoms with Crippen molar-refractivity contribution in [3.8, 4) is 0 Å². The van der Waals surface area contributed by atoms with E-state index in [-0.39, 0.29) is 11.4 Å². The largest absolute Gasteiger partial charge is 0.387 e. The highest BCUT2D eigenvalue weighted by atomic mass is 32.2. The molecule has 0 aliphatic heterocycles. The first-order chi connectivity index (χ1) is 16.5. The second-order valence-corrected chi connectivity index (χ2v) is 10.7. The Kier molecular flexibility index (Phi) is 13.4. The van der Waals surface area contributed by atoms with Crippen molar-refractivity contribution in [1.82, 2.24) is 10.0 Å². The first-order valence-electron chi connectivity index (χ1n) is 11.2. The van der Waals surface area contributed by atoms with Gasteiger partial charge >= 0.3 is 0 Å². The molecule has 0 bridgehead atoms. The van der Waals surface area contributed by atoms with Gasteiger partial charge in [0, 0.05) is 32.0 Å². The van der Waals surface area contributed by atoms with Gasteiger partial charge in [-0.1, -0.05) is 57.1 Å². The zero-order chi connectivity index (χ0) is 26.4. The average molecular weight is 518 g/mol. The minimum atomic E-state index is -3.86. The first-order valence-corrected chi connectivity index (χ1v) is 14.2. The highest BCUT2D eigenvalue weighted by Crippen LogP contribution is 2.20. The van der Waals surface area contributed by atoms with Crippen molar-refractivity contribution in [3.05, 3.63) is 94.7 Å². The van der Waals surface area contributed by atoms with Crippen LogP contribution >= 0.6 is 8.58 Å². The van der Waals surface area contributed by atoms with Crippen molar-refractivity contribution in [1.29, 1.82) is 0 Å². The molecule has 0 aliphatic rings. The van der Waals surface area contributed by atoms with Gasteiger partial charge in [0.1, 0.15) is 10.7 Å². The van der Waals surface area contributed by atoms with E-state index < -0.39 is 15.8 Å². The molecule has 2 aromatic rings. The van der Waals surface area contributed by atoms with E-state index in [9.17, 15) is 12.8 Å². The number of aliphatic imine (C=N–C) groups is 1.